The van der Waals surface area contributed by atoms with E-state index in [0.29, 0.717) is 6.42 Å². The van der Waals surface area contributed by atoms with Crippen LogP contribution in [0.2, 0.25) is 19.6 Å². The van der Waals surface area contributed by atoms with E-state index in [2.05, 4.69) is 37.8 Å². The molecule has 4 heteroatoms. The first-order valence-corrected chi connectivity index (χ1v) is 9.01. The average molecular weight is 226 g/mol. The molecule has 15 heavy (non-hydrogen) atoms. The summed E-state index contributed by atoms with van der Waals surface area (Å²) in [4.78, 5) is 0. The highest BCUT2D eigenvalue weighted by molar-refractivity contribution is 6.69. The second kappa shape index (κ2) is 7.47. The second-order valence-electron chi connectivity index (χ2n) is 4.62. The van der Waals surface area contributed by atoms with Crippen LogP contribution in [0.5, 0.6) is 0 Å². The van der Waals surface area contributed by atoms with Crippen molar-refractivity contribution < 1.29 is 4.53 Å². The fourth-order valence-corrected chi connectivity index (χ4v) is 1.40. The van der Waals surface area contributed by atoms with Crippen LogP contribution in [0.15, 0.2) is 5.16 Å². The quantitative estimate of drug-likeness (QED) is 0.377. The van der Waals surface area contributed by atoms with E-state index in [9.17, 15) is 0 Å². The van der Waals surface area contributed by atoms with Gasteiger partial charge >= 0.3 is 0 Å². The smallest absolute Gasteiger partial charge is 0.278 e. The lowest BCUT2D eigenvalue weighted by molar-refractivity contribution is 0.332. The Labute approximate surface area is 94.2 Å². The van der Waals surface area contributed by atoms with Gasteiger partial charge in [-0.1, -0.05) is 13.3 Å². The van der Waals surface area contributed by atoms with Gasteiger partial charge in [0.15, 0.2) is 0 Å². The molecular weight excluding hydrogens is 204 g/mol. The molecule has 0 unspecified atom stereocenters. The monoisotopic (exact) mass is 226 g/mol. The third-order valence-electron chi connectivity index (χ3n) is 1.79. The lowest BCUT2D eigenvalue weighted by atomic mass is 10.1. The summed E-state index contributed by atoms with van der Waals surface area (Å²) in [7, 11) is -1.57. The Bertz CT molecular complexity index is 238. The Morgan fingerprint density at radius 2 is 2.00 bits per heavy atom. The summed E-state index contributed by atoms with van der Waals surface area (Å²) in [5.74, 6) is 0. The molecule has 3 nitrogen and oxygen atoms in total. The Morgan fingerprint density at radius 3 is 2.47 bits per heavy atom. The summed E-state index contributed by atoms with van der Waals surface area (Å²) >= 11 is 0. The molecule has 0 amide bonds. The van der Waals surface area contributed by atoms with Crippen molar-refractivity contribution in [3.05, 3.63) is 0 Å². The van der Waals surface area contributed by atoms with Gasteiger partial charge in [0.1, 0.15) is 0 Å². The highest BCUT2D eigenvalue weighted by Crippen LogP contribution is 2.08. The molecule has 0 aromatic heterocycles. The van der Waals surface area contributed by atoms with Crippen molar-refractivity contribution in [1.29, 1.82) is 5.26 Å². The molecule has 0 N–H and O–H groups in total. The third kappa shape index (κ3) is 9.48. The van der Waals surface area contributed by atoms with Gasteiger partial charge in [0.25, 0.3) is 8.32 Å². The molecular formula is C11H22N2OSi. The molecule has 0 bridgehead atoms. The molecule has 0 spiro atoms. The number of nitrogens with zero attached hydrogens (tertiary/aromatic N) is 2. The van der Waals surface area contributed by atoms with Crippen LogP contribution < -0.4 is 0 Å². The summed E-state index contributed by atoms with van der Waals surface area (Å²) in [6, 6.07) is 2.15. The molecule has 0 fully saturated rings. The molecule has 0 atom stereocenters. The van der Waals surface area contributed by atoms with E-state index >= 15 is 0 Å². The van der Waals surface area contributed by atoms with Crippen molar-refractivity contribution in [3.8, 4) is 6.07 Å². The molecule has 0 aliphatic carbocycles. The minimum atomic E-state index is -1.57. The van der Waals surface area contributed by atoms with Crippen molar-refractivity contribution in [2.24, 2.45) is 5.16 Å². The lowest BCUT2D eigenvalue weighted by Crippen LogP contribution is -2.23. The Balaban J connectivity index is 4.15. The van der Waals surface area contributed by atoms with Crippen molar-refractivity contribution in [3.63, 3.8) is 0 Å². The molecule has 0 rings (SSSR count). The van der Waals surface area contributed by atoms with E-state index < -0.39 is 8.32 Å². The number of nitriles is 1. The Kier molecular flexibility index (Phi) is 7.06. The van der Waals surface area contributed by atoms with Gasteiger partial charge < -0.3 is 4.53 Å². The van der Waals surface area contributed by atoms with E-state index in [1.54, 1.807) is 0 Å². The summed E-state index contributed by atoms with van der Waals surface area (Å²) in [6.07, 6.45) is 4.53. The van der Waals surface area contributed by atoms with Crippen molar-refractivity contribution in [2.75, 3.05) is 0 Å². The standard InChI is InChI=1S/C11H22N2OSi/c1-5-6-8-11(9-7-10-12)13-14-15(2,3)4/h5-9H2,1-4H3. The molecule has 0 aliphatic heterocycles. The fourth-order valence-electron chi connectivity index (χ4n) is 0.999. The SMILES string of the molecule is CCCCC(CCC#N)=NO[Si](C)(C)C. The van der Waals surface area contributed by atoms with Crippen LogP contribution in [0.4, 0.5) is 0 Å². The normalized spacial score (nSPS) is 12.3. The molecule has 0 heterocycles. The molecule has 0 saturated carbocycles. The molecule has 0 saturated heterocycles. The van der Waals surface area contributed by atoms with Gasteiger partial charge in [-0.15, -0.1) is 5.16 Å². The maximum atomic E-state index is 8.53. The molecule has 0 radical (unpaired) electrons. The lowest BCUT2D eigenvalue weighted by Gasteiger charge is -2.14. The van der Waals surface area contributed by atoms with Crippen LogP contribution in [-0.4, -0.2) is 14.0 Å². The fraction of sp³-hybridized carbons (Fsp3) is 0.818. The van der Waals surface area contributed by atoms with Gasteiger partial charge in [-0.05, 0) is 32.5 Å². The summed E-state index contributed by atoms with van der Waals surface area (Å²) in [5, 5.41) is 12.7. The van der Waals surface area contributed by atoms with Crippen LogP contribution in [0.25, 0.3) is 0 Å². The van der Waals surface area contributed by atoms with E-state index in [1.165, 1.54) is 0 Å². The molecule has 86 valence electrons. The summed E-state index contributed by atoms with van der Waals surface area (Å²) in [6.45, 7) is 8.48. The van der Waals surface area contributed by atoms with Crippen LogP contribution >= 0.6 is 0 Å². The van der Waals surface area contributed by atoms with E-state index in [-0.39, 0.29) is 0 Å². The van der Waals surface area contributed by atoms with E-state index in [0.717, 1.165) is 31.4 Å². The Hall–Kier alpha value is -0.823. The van der Waals surface area contributed by atoms with Crippen LogP contribution in [0.1, 0.15) is 39.0 Å². The Morgan fingerprint density at radius 1 is 1.33 bits per heavy atom. The van der Waals surface area contributed by atoms with Crippen LogP contribution in [0.3, 0.4) is 0 Å². The van der Waals surface area contributed by atoms with Gasteiger partial charge in [0.05, 0.1) is 11.8 Å². The van der Waals surface area contributed by atoms with Gasteiger partial charge in [0, 0.05) is 12.8 Å². The zero-order valence-corrected chi connectivity index (χ0v) is 11.3. The number of unbranched alkanes of at least 4 members (excludes halogenated alkanes) is 1. The summed E-state index contributed by atoms with van der Waals surface area (Å²) in [5.41, 5.74) is 1.04. The minimum absolute atomic E-state index is 0.539. The maximum Gasteiger partial charge on any atom is 0.278 e. The number of oxime groups is 1. The predicted octanol–water partition coefficient (Wildman–Crippen LogP) is 3.69. The highest BCUT2D eigenvalue weighted by Gasteiger charge is 2.16. The predicted molar refractivity (Wildman–Crippen MR) is 66.2 cm³/mol. The van der Waals surface area contributed by atoms with Crippen molar-refractivity contribution >= 4 is 14.0 Å². The minimum Gasteiger partial charge on any atom is -0.456 e. The van der Waals surface area contributed by atoms with Gasteiger partial charge in [-0.25, -0.2) is 0 Å². The average Bonchev–Trinajstić information content (AvgIpc) is 2.15. The van der Waals surface area contributed by atoms with Crippen LogP contribution in [0, 0.1) is 11.3 Å². The molecule has 0 aromatic rings. The van der Waals surface area contributed by atoms with E-state index in [4.69, 9.17) is 9.79 Å². The van der Waals surface area contributed by atoms with Gasteiger partial charge in [-0.2, -0.15) is 5.26 Å². The molecule has 0 aliphatic rings. The first-order chi connectivity index (χ1) is 6.99. The number of hydrogen-bond donors (Lipinski definition) is 0. The van der Waals surface area contributed by atoms with E-state index in [1.807, 2.05) is 0 Å². The number of rotatable bonds is 7. The van der Waals surface area contributed by atoms with Crippen molar-refractivity contribution in [2.45, 2.75) is 58.7 Å². The van der Waals surface area contributed by atoms with Crippen LogP contribution in [-0.2, 0) is 4.53 Å². The largest absolute Gasteiger partial charge is 0.456 e. The zero-order chi connectivity index (χ0) is 11.7. The molecule has 0 aromatic carbocycles. The second-order valence-corrected chi connectivity index (χ2v) is 9.03. The highest BCUT2D eigenvalue weighted by atomic mass is 28.4. The summed E-state index contributed by atoms with van der Waals surface area (Å²) < 4.78 is 5.50. The first-order valence-electron chi connectivity index (χ1n) is 5.60. The topological polar surface area (TPSA) is 45.4 Å². The van der Waals surface area contributed by atoms with Gasteiger partial charge in [0.2, 0.25) is 0 Å². The zero-order valence-electron chi connectivity index (χ0n) is 10.3. The third-order valence-corrected chi connectivity index (χ3v) is 2.43. The maximum absolute atomic E-state index is 8.53. The van der Waals surface area contributed by atoms with Crippen molar-refractivity contribution in [1.82, 2.24) is 0 Å². The first kappa shape index (κ1) is 14.2. The number of hydrogen-bond acceptors (Lipinski definition) is 3. The van der Waals surface area contributed by atoms with Gasteiger partial charge in [-0.3, -0.25) is 0 Å².